The molecule has 0 aromatic heterocycles. The Labute approximate surface area is 243 Å². The topological polar surface area (TPSA) is 189 Å². The first kappa shape index (κ1) is 36.1. The van der Waals surface area contributed by atoms with Crippen LogP contribution < -0.4 is 16.0 Å². The normalized spacial score (nSPS) is 15.5. The zero-order valence-corrected chi connectivity index (χ0v) is 24.6. The molecular weight excluding hydrogens is 534 g/mol. The second-order valence-corrected chi connectivity index (χ2v) is 10.9. The quantitative estimate of drug-likeness (QED) is 0.0969. The van der Waals surface area contributed by atoms with E-state index in [4.69, 9.17) is 10.2 Å². The fourth-order valence-corrected chi connectivity index (χ4v) is 4.68. The van der Waals surface area contributed by atoms with E-state index >= 15 is 0 Å². The second-order valence-electron chi connectivity index (χ2n) is 10.9. The number of carbonyl (C=O) groups excluding carboxylic acids is 2. The Morgan fingerprint density at radius 2 is 1.20 bits per heavy atom. The Morgan fingerprint density at radius 1 is 0.659 bits per heavy atom. The van der Waals surface area contributed by atoms with E-state index in [0.717, 1.165) is 19.3 Å². The van der Waals surface area contributed by atoms with E-state index < -0.39 is 42.4 Å². The van der Waals surface area contributed by atoms with Gasteiger partial charge in [0.05, 0.1) is 0 Å². The summed E-state index contributed by atoms with van der Waals surface area (Å²) in [4.78, 5) is 62.3. The third-order valence-corrected chi connectivity index (χ3v) is 7.32. The Hall–Kier alpha value is -2.93. The smallest absolute Gasteiger partial charge is 0.326 e. The molecule has 1 fully saturated rings. The lowest BCUT2D eigenvalue weighted by atomic mass is 10.1. The van der Waals surface area contributed by atoms with E-state index in [1.807, 2.05) is 0 Å². The number of amides is 3. The predicted molar refractivity (Wildman–Crippen MR) is 154 cm³/mol. The Kier molecular flexibility index (Phi) is 19.2. The minimum absolute atomic E-state index is 0.0257. The van der Waals surface area contributed by atoms with Crippen LogP contribution in [0.5, 0.6) is 0 Å². The zero-order chi connectivity index (χ0) is 30.5. The van der Waals surface area contributed by atoms with E-state index in [0.29, 0.717) is 25.8 Å². The predicted octanol–water partition coefficient (Wildman–Crippen LogP) is 2.10. The number of nitrogens with zero attached hydrogens (tertiary/aromatic N) is 2. The monoisotopic (exact) mass is 585 g/mol. The molecule has 0 saturated carbocycles. The lowest BCUT2D eigenvalue weighted by Gasteiger charge is -2.32. The first-order chi connectivity index (χ1) is 19.6. The van der Waals surface area contributed by atoms with Gasteiger partial charge in [-0.3, -0.25) is 9.59 Å². The molecule has 41 heavy (non-hydrogen) atoms. The molecule has 0 aromatic carbocycles. The maximum Gasteiger partial charge on any atom is 0.326 e. The van der Waals surface area contributed by atoms with Gasteiger partial charge in [0.25, 0.3) is 0 Å². The molecule has 1 aliphatic rings. The van der Waals surface area contributed by atoms with Crippen molar-refractivity contribution in [2.45, 2.75) is 102 Å². The summed E-state index contributed by atoms with van der Waals surface area (Å²) < 4.78 is 0. The van der Waals surface area contributed by atoms with Crippen LogP contribution in [0.2, 0.25) is 0 Å². The van der Waals surface area contributed by atoms with Crippen LogP contribution in [0.3, 0.4) is 0 Å². The minimum Gasteiger partial charge on any atom is -0.481 e. The number of piperazine rings is 1. The summed E-state index contributed by atoms with van der Waals surface area (Å²) in [6, 6.07) is -3.68. The second kappa shape index (κ2) is 21.8. The average molecular weight is 586 g/mol. The van der Waals surface area contributed by atoms with Crippen molar-refractivity contribution >= 4 is 29.8 Å². The van der Waals surface area contributed by atoms with E-state index in [-0.39, 0.29) is 18.7 Å². The van der Waals surface area contributed by atoms with Crippen molar-refractivity contribution < 1.29 is 39.3 Å². The summed E-state index contributed by atoms with van der Waals surface area (Å²) in [7, 11) is 2.18. The van der Waals surface area contributed by atoms with Crippen molar-refractivity contribution in [1.29, 1.82) is 0 Å². The maximum atomic E-state index is 12.0. The van der Waals surface area contributed by atoms with Gasteiger partial charge in [0.15, 0.2) is 0 Å². The highest BCUT2D eigenvalue weighted by Gasteiger charge is 2.24. The number of hydrogen-bond acceptors (Lipinski definition) is 7. The molecule has 1 saturated heterocycles. The highest BCUT2D eigenvalue weighted by molar-refractivity contribution is 5.86. The van der Waals surface area contributed by atoms with Crippen molar-refractivity contribution in [2.24, 2.45) is 0 Å². The molecule has 1 aliphatic heterocycles. The van der Waals surface area contributed by atoms with Crippen LogP contribution in [0, 0.1) is 0 Å². The minimum atomic E-state index is -1.45. The van der Waals surface area contributed by atoms with Gasteiger partial charge < -0.3 is 41.1 Å². The van der Waals surface area contributed by atoms with Gasteiger partial charge in [-0.2, -0.15) is 0 Å². The molecule has 0 aliphatic carbocycles. The maximum absolute atomic E-state index is 12.0. The van der Waals surface area contributed by atoms with Crippen molar-refractivity contribution in [1.82, 2.24) is 25.8 Å². The summed E-state index contributed by atoms with van der Waals surface area (Å²) in [6.07, 6.45) is 10.0. The molecule has 3 amide bonds. The summed E-state index contributed by atoms with van der Waals surface area (Å²) >= 11 is 0. The highest BCUT2D eigenvalue weighted by atomic mass is 16.4. The van der Waals surface area contributed by atoms with E-state index in [2.05, 4.69) is 32.8 Å². The van der Waals surface area contributed by atoms with E-state index in [1.54, 1.807) is 0 Å². The Morgan fingerprint density at radius 3 is 1.76 bits per heavy atom. The van der Waals surface area contributed by atoms with Gasteiger partial charge in [-0.25, -0.2) is 14.4 Å². The van der Waals surface area contributed by atoms with Crippen molar-refractivity contribution in [3.05, 3.63) is 0 Å². The number of carbonyl (C=O) groups is 5. The SMILES string of the molecule is CN1CCN(CCCCCCCCCCC(=O)NCCCC[C@H](NC(=O)N[C@@H](CCC(=O)O)C(=O)O)C(=O)O)CC1. The van der Waals surface area contributed by atoms with Crippen LogP contribution in [-0.2, 0) is 19.2 Å². The van der Waals surface area contributed by atoms with Crippen LogP contribution in [0.1, 0.15) is 89.9 Å². The van der Waals surface area contributed by atoms with E-state index in [1.165, 1.54) is 64.8 Å². The fourth-order valence-electron chi connectivity index (χ4n) is 4.68. The molecule has 0 bridgehead atoms. The van der Waals surface area contributed by atoms with Gasteiger partial charge in [0.1, 0.15) is 12.1 Å². The third-order valence-electron chi connectivity index (χ3n) is 7.32. The average Bonchev–Trinajstić information content (AvgIpc) is 2.91. The van der Waals surface area contributed by atoms with Crippen LogP contribution in [0.15, 0.2) is 0 Å². The number of aliphatic carboxylic acids is 3. The van der Waals surface area contributed by atoms with Crippen molar-refractivity contribution in [3.8, 4) is 0 Å². The van der Waals surface area contributed by atoms with Gasteiger partial charge in [-0.1, -0.05) is 38.5 Å². The van der Waals surface area contributed by atoms with Crippen LogP contribution in [-0.4, -0.2) is 113 Å². The number of unbranched alkanes of at least 4 members (excludes halogenated alkanes) is 8. The highest BCUT2D eigenvalue weighted by Crippen LogP contribution is 2.11. The van der Waals surface area contributed by atoms with Crippen LogP contribution >= 0.6 is 0 Å². The van der Waals surface area contributed by atoms with Crippen molar-refractivity contribution in [3.63, 3.8) is 0 Å². The molecule has 2 atom stereocenters. The lowest BCUT2D eigenvalue weighted by molar-refractivity contribution is -0.140. The first-order valence-corrected chi connectivity index (χ1v) is 15.0. The lowest BCUT2D eigenvalue weighted by Crippen LogP contribution is -2.51. The largest absolute Gasteiger partial charge is 0.481 e. The van der Waals surface area contributed by atoms with E-state index in [9.17, 15) is 29.1 Å². The zero-order valence-electron chi connectivity index (χ0n) is 24.6. The molecule has 6 N–H and O–H groups in total. The number of carboxylic acids is 3. The molecular formula is C28H51N5O8. The standard InChI is InChI=1S/C28H51N5O8/c1-32-18-20-33(21-19-32)17-11-7-5-3-2-4-6-8-13-24(34)29-16-10-9-12-22(26(37)38)30-28(41)31-23(27(39)40)14-15-25(35)36/h22-23H,2-21H2,1H3,(H,29,34)(H,35,36)(H,37,38)(H,39,40)(H2,30,31,41)/t22-,23-/m0/s1. The molecule has 0 spiro atoms. The van der Waals surface area contributed by atoms with Crippen LogP contribution in [0.25, 0.3) is 0 Å². The molecule has 1 rings (SSSR count). The van der Waals surface area contributed by atoms with Gasteiger partial charge in [-0.15, -0.1) is 0 Å². The number of hydrogen-bond donors (Lipinski definition) is 6. The molecule has 0 unspecified atom stereocenters. The molecule has 13 nitrogen and oxygen atoms in total. The van der Waals surface area contributed by atoms with Gasteiger partial charge >= 0.3 is 23.9 Å². The number of urea groups is 1. The Balaban J connectivity index is 2.03. The molecule has 0 radical (unpaired) electrons. The first-order valence-electron chi connectivity index (χ1n) is 15.0. The molecule has 0 aromatic rings. The van der Waals surface area contributed by atoms with Crippen LogP contribution in [0.4, 0.5) is 4.79 Å². The number of carboxylic acid groups (broad SMARTS) is 3. The van der Waals surface area contributed by atoms with Gasteiger partial charge in [-0.05, 0) is 52.1 Å². The Bertz CT molecular complexity index is 804. The summed E-state index contributed by atoms with van der Waals surface area (Å²) in [5, 5.41) is 34.3. The summed E-state index contributed by atoms with van der Waals surface area (Å²) in [5.41, 5.74) is 0. The third kappa shape index (κ3) is 18.9. The fraction of sp³-hybridized carbons (Fsp3) is 0.821. The molecule has 1 heterocycles. The van der Waals surface area contributed by atoms with Gasteiger partial charge in [0.2, 0.25) is 5.91 Å². The number of likely N-dealkylation sites (N-methyl/N-ethyl adjacent to an activating group) is 1. The molecule has 13 heteroatoms. The molecule has 236 valence electrons. The van der Waals surface area contributed by atoms with Crippen molar-refractivity contribution in [2.75, 3.05) is 46.3 Å². The number of nitrogens with one attached hydrogen (secondary N) is 3. The summed E-state index contributed by atoms with van der Waals surface area (Å²) in [5.74, 6) is -3.91. The summed E-state index contributed by atoms with van der Waals surface area (Å²) in [6.45, 7) is 6.33. The number of rotatable bonds is 23. The van der Waals surface area contributed by atoms with Gasteiger partial charge in [0, 0.05) is 45.6 Å².